The van der Waals surface area contributed by atoms with Crippen LogP contribution in [0, 0.1) is 6.92 Å². The Bertz CT molecular complexity index is 767. The number of H-pyrrole nitrogens is 1. The smallest absolute Gasteiger partial charge is 0.383 e. The molecule has 0 bridgehead atoms. The summed E-state index contributed by atoms with van der Waals surface area (Å²) in [5, 5.41) is 9.56. The number of fused-ring (bicyclic) bond motifs is 1. The zero-order valence-electron chi connectivity index (χ0n) is 10.4. The molecule has 2 heterocycles. The van der Waals surface area contributed by atoms with Crippen LogP contribution in [0.15, 0.2) is 24.3 Å². The molecule has 5 nitrogen and oxygen atoms in total. The van der Waals surface area contributed by atoms with Crippen LogP contribution >= 0.6 is 0 Å². The van der Waals surface area contributed by atoms with Crippen LogP contribution in [-0.2, 0) is 6.18 Å². The third-order valence-corrected chi connectivity index (χ3v) is 2.96. The van der Waals surface area contributed by atoms with Gasteiger partial charge in [-0.05, 0) is 19.1 Å². The SMILES string of the molecule is Cc1ccc(-n2nc(C(F)(F)F)c3c(N)[nH]nc32)cc1. The van der Waals surface area contributed by atoms with Crippen molar-refractivity contribution in [2.75, 3.05) is 5.73 Å². The van der Waals surface area contributed by atoms with Gasteiger partial charge in [0.1, 0.15) is 5.82 Å². The van der Waals surface area contributed by atoms with Gasteiger partial charge in [-0.1, -0.05) is 17.7 Å². The second kappa shape index (κ2) is 3.99. The highest BCUT2D eigenvalue weighted by molar-refractivity contribution is 5.90. The van der Waals surface area contributed by atoms with Gasteiger partial charge < -0.3 is 5.73 Å². The highest BCUT2D eigenvalue weighted by atomic mass is 19.4. The van der Waals surface area contributed by atoms with Gasteiger partial charge in [-0.25, -0.2) is 4.68 Å². The third kappa shape index (κ3) is 1.80. The van der Waals surface area contributed by atoms with Crippen LogP contribution < -0.4 is 5.73 Å². The van der Waals surface area contributed by atoms with E-state index in [-0.39, 0.29) is 16.9 Å². The van der Waals surface area contributed by atoms with Gasteiger partial charge in [0, 0.05) is 0 Å². The minimum absolute atomic E-state index is 0.0543. The summed E-state index contributed by atoms with van der Waals surface area (Å²) in [5.74, 6) is -0.148. The highest BCUT2D eigenvalue weighted by Gasteiger charge is 2.39. The van der Waals surface area contributed by atoms with Crippen LogP contribution in [0.25, 0.3) is 16.7 Å². The molecule has 0 saturated carbocycles. The molecule has 0 fully saturated rings. The normalized spacial score (nSPS) is 12.2. The first-order valence-corrected chi connectivity index (χ1v) is 5.75. The number of hydrogen-bond acceptors (Lipinski definition) is 3. The first-order valence-electron chi connectivity index (χ1n) is 5.75. The van der Waals surface area contributed by atoms with Crippen LogP contribution in [0.4, 0.5) is 19.0 Å². The molecule has 8 heteroatoms. The van der Waals surface area contributed by atoms with E-state index >= 15 is 0 Å². The number of benzene rings is 1. The summed E-state index contributed by atoms with van der Waals surface area (Å²) in [7, 11) is 0. The molecular weight excluding hydrogens is 271 g/mol. The van der Waals surface area contributed by atoms with Gasteiger partial charge in [0.2, 0.25) is 0 Å². The second-order valence-corrected chi connectivity index (χ2v) is 4.43. The number of nitrogens with two attached hydrogens (primary N) is 1. The van der Waals surface area contributed by atoms with Gasteiger partial charge in [-0.2, -0.15) is 23.4 Å². The fourth-order valence-corrected chi connectivity index (χ4v) is 1.99. The first kappa shape index (κ1) is 12.5. The maximum absolute atomic E-state index is 13.0. The third-order valence-electron chi connectivity index (χ3n) is 2.96. The number of hydrogen-bond donors (Lipinski definition) is 2. The van der Waals surface area contributed by atoms with Crippen molar-refractivity contribution in [1.82, 2.24) is 20.0 Å². The molecule has 3 rings (SSSR count). The van der Waals surface area contributed by atoms with Gasteiger partial charge in [0.25, 0.3) is 0 Å². The number of alkyl halides is 3. The first-order chi connectivity index (χ1) is 9.38. The number of aryl methyl sites for hydroxylation is 1. The van der Waals surface area contributed by atoms with Gasteiger partial charge in [-0.3, -0.25) is 5.10 Å². The molecule has 0 atom stereocenters. The number of nitrogens with one attached hydrogen (secondary N) is 1. The van der Waals surface area contributed by atoms with Crippen molar-refractivity contribution in [3.8, 4) is 5.69 Å². The molecule has 3 aromatic rings. The van der Waals surface area contributed by atoms with Crippen molar-refractivity contribution in [3.05, 3.63) is 35.5 Å². The zero-order chi connectivity index (χ0) is 14.5. The predicted octanol–water partition coefficient (Wildman–Crippen LogP) is 2.66. The molecule has 0 amide bonds. The number of aromatic amines is 1. The number of halogens is 3. The minimum atomic E-state index is -4.59. The van der Waals surface area contributed by atoms with E-state index in [1.54, 1.807) is 24.3 Å². The fourth-order valence-electron chi connectivity index (χ4n) is 1.99. The lowest BCUT2D eigenvalue weighted by Crippen LogP contribution is -2.08. The summed E-state index contributed by atoms with van der Waals surface area (Å²) in [6.07, 6.45) is -4.59. The highest BCUT2D eigenvalue weighted by Crippen LogP contribution is 2.36. The number of aromatic nitrogens is 4. The van der Waals surface area contributed by atoms with Gasteiger partial charge >= 0.3 is 6.18 Å². The van der Waals surface area contributed by atoms with Crippen molar-refractivity contribution in [1.29, 1.82) is 0 Å². The van der Waals surface area contributed by atoms with Crippen molar-refractivity contribution in [2.45, 2.75) is 13.1 Å². The summed E-state index contributed by atoms with van der Waals surface area (Å²) < 4.78 is 40.1. The van der Waals surface area contributed by atoms with E-state index in [0.29, 0.717) is 5.69 Å². The lowest BCUT2D eigenvalue weighted by molar-refractivity contribution is -0.140. The Labute approximate surface area is 111 Å². The van der Waals surface area contributed by atoms with Crippen LogP contribution in [-0.4, -0.2) is 20.0 Å². The predicted molar refractivity (Wildman–Crippen MR) is 67.4 cm³/mol. The standard InChI is InChI=1S/C12H10F3N5/c1-6-2-4-7(5-3-6)20-11-8(10(16)17-18-11)9(19-20)12(13,14)15/h2-5H,1H3,(H3,16,17,18). The Morgan fingerprint density at radius 2 is 1.85 bits per heavy atom. The van der Waals surface area contributed by atoms with E-state index in [1.165, 1.54) is 0 Å². The van der Waals surface area contributed by atoms with Crippen molar-refractivity contribution in [2.24, 2.45) is 0 Å². The average molecular weight is 281 g/mol. The molecule has 0 aliphatic heterocycles. The van der Waals surface area contributed by atoms with Crippen molar-refractivity contribution in [3.63, 3.8) is 0 Å². The molecule has 104 valence electrons. The molecular formula is C12H10F3N5. The summed E-state index contributed by atoms with van der Waals surface area (Å²) in [6, 6.07) is 6.91. The summed E-state index contributed by atoms with van der Waals surface area (Å²) in [5.41, 5.74) is 6.01. The topological polar surface area (TPSA) is 72.5 Å². The number of nitrogens with zero attached hydrogens (tertiary/aromatic N) is 3. The number of anilines is 1. The monoisotopic (exact) mass is 281 g/mol. The minimum Gasteiger partial charge on any atom is -0.383 e. The quantitative estimate of drug-likeness (QED) is 0.720. The number of rotatable bonds is 1. The van der Waals surface area contributed by atoms with Crippen molar-refractivity contribution >= 4 is 16.9 Å². The van der Waals surface area contributed by atoms with Gasteiger partial charge in [0.15, 0.2) is 11.3 Å². The number of nitrogen functional groups attached to an aromatic ring is 1. The Balaban J connectivity index is 2.29. The Morgan fingerprint density at radius 1 is 1.20 bits per heavy atom. The van der Waals surface area contributed by atoms with E-state index in [0.717, 1.165) is 10.2 Å². The zero-order valence-corrected chi connectivity index (χ0v) is 10.4. The molecule has 0 unspecified atom stereocenters. The molecule has 0 aliphatic carbocycles. The Kier molecular flexibility index (Phi) is 2.50. The molecule has 3 N–H and O–H groups in total. The largest absolute Gasteiger partial charge is 0.436 e. The second-order valence-electron chi connectivity index (χ2n) is 4.43. The van der Waals surface area contributed by atoms with E-state index in [9.17, 15) is 13.2 Å². The molecule has 0 spiro atoms. The van der Waals surface area contributed by atoms with Crippen LogP contribution in [0.2, 0.25) is 0 Å². The lowest BCUT2D eigenvalue weighted by Gasteiger charge is -2.03. The van der Waals surface area contributed by atoms with Crippen molar-refractivity contribution < 1.29 is 13.2 Å². The summed E-state index contributed by atoms with van der Waals surface area (Å²) in [6.45, 7) is 1.89. The Hall–Kier alpha value is -2.51. The molecule has 2 aromatic heterocycles. The molecule has 0 saturated heterocycles. The van der Waals surface area contributed by atoms with E-state index in [2.05, 4.69) is 15.3 Å². The molecule has 1 aromatic carbocycles. The maximum Gasteiger partial charge on any atom is 0.436 e. The maximum atomic E-state index is 13.0. The van der Waals surface area contributed by atoms with Gasteiger partial charge in [0.05, 0.1) is 11.1 Å². The van der Waals surface area contributed by atoms with E-state index in [1.807, 2.05) is 6.92 Å². The molecule has 0 radical (unpaired) electrons. The van der Waals surface area contributed by atoms with Crippen LogP contribution in [0.3, 0.4) is 0 Å². The Morgan fingerprint density at radius 3 is 2.45 bits per heavy atom. The summed E-state index contributed by atoms with van der Waals surface area (Å²) >= 11 is 0. The fraction of sp³-hybridized carbons (Fsp3) is 0.167. The van der Waals surface area contributed by atoms with Crippen LogP contribution in [0.5, 0.6) is 0 Å². The average Bonchev–Trinajstić information content (AvgIpc) is 2.91. The lowest BCUT2D eigenvalue weighted by atomic mass is 10.2. The van der Waals surface area contributed by atoms with Gasteiger partial charge in [-0.15, -0.1) is 0 Å². The van der Waals surface area contributed by atoms with Crippen LogP contribution in [0.1, 0.15) is 11.3 Å². The van der Waals surface area contributed by atoms with E-state index < -0.39 is 11.9 Å². The summed E-state index contributed by atoms with van der Waals surface area (Å²) in [4.78, 5) is 0. The molecule has 20 heavy (non-hydrogen) atoms. The van der Waals surface area contributed by atoms with E-state index in [4.69, 9.17) is 5.73 Å². The molecule has 0 aliphatic rings.